The summed E-state index contributed by atoms with van der Waals surface area (Å²) in [5, 5.41) is 0.331. The Morgan fingerprint density at radius 3 is 2.48 bits per heavy atom. The molecule has 0 spiro atoms. The van der Waals surface area contributed by atoms with Gasteiger partial charge in [0.2, 0.25) is 0 Å². The third-order valence-electron chi connectivity index (χ3n) is 2.89. The van der Waals surface area contributed by atoms with Crippen molar-refractivity contribution in [3.05, 3.63) is 58.6 Å². The van der Waals surface area contributed by atoms with Crippen molar-refractivity contribution >= 4 is 44.5 Å². The topological polar surface area (TPSA) is 72.2 Å². The molecular weight excluding hydrogens is 328 g/mol. The number of anilines is 1. The highest BCUT2D eigenvalue weighted by Crippen LogP contribution is 2.24. The van der Waals surface area contributed by atoms with E-state index in [1.54, 1.807) is 37.3 Å². The molecule has 21 heavy (non-hydrogen) atoms. The number of para-hydroxylation sites is 1. The maximum absolute atomic E-state index is 12.4. The normalized spacial score (nSPS) is 11.1. The van der Waals surface area contributed by atoms with Crippen molar-refractivity contribution in [2.75, 3.05) is 4.72 Å². The number of thiocarbonyl (C=S) groups is 1. The molecule has 0 unspecified atom stereocenters. The zero-order valence-electron chi connectivity index (χ0n) is 11.1. The van der Waals surface area contributed by atoms with Gasteiger partial charge in [0.1, 0.15) is 4.99 Å². The van der Waals surface area contributed by atoms with Crippen LogP contribution in [0.5, 0.6) is 0 Å². The van der Waals surface area contributed by atoms with E-state index in [-0.39, 0.29) is 9.88 Å². The molecule has 0 aliphatic carbocycles. The van der Waals surface area contributed by atoms with Gasteiger partial charge in [0, 0.05) is 5.56 Å². The molecule has 2 rings (SSSR count). The summed E-state index contributed by atoms with van der Waals surface area (Å²) in [5.41, 5.74) is 7.25. The summed E-state index contributed by atoms with van der Waals surface area (Å²) in [5.74, 6) is 0. The first kappa shape index (κ1) is 15.8. The van der Waals surface area contributed by atoms with Crippen LogP contribution in [0.3, 0.4) is 0 Å². The standard InChI is InChI=1S/C14H13ClN2O2S2/c1-9-8-10(6-7-11(9)14(16)20)21(18,19)17-13-5-3-2-4-12(13)15/h2-8,17H,1H3,(H2,16,20). The number of hydrogen-bond donors (Lipinski definition) is 2. The van der Waals surface area contributed by atoms with E-state index in [1.165, 1.54) is 12.1 Å². The smallest absolute Gasteiger partial charge is 0.261 e. The number of benzene rings is 2. The molecule has 0 saturated heterocycles. The number of rotatable bonds is 4. The molecule has 4 nitrogen and oxygen atoms in total. The lowest BCUT2D eigenvalue weighted by Gasteiger charge is -2.11. The molecule has 3 N–H and O–H groups in total. The van der Waals surface area contributed by atoms with Gasteiger partial charge < -0.3 is 5.73 Å². The molecule has 0 radical (unpaired) electrons. The number of nitrogens with one attached hydrogen (secondary N) is 1. The van der Waals surface area contributed by atoms with Gasteiger partial charge in [0.15, 0.2) is 0 Å². The minimum absolute atomic E-state index is 0.125. The molecule has 0 amide bonds. The summed E-state index contributed by atoms with van der Waals surface area (Å²) in [6.45, 7) is 1.75. The minimum atomic E-state index is -3.72. The molecule has 7 heteroatoms. The summed E-state index contributed by atoms with van der Waals surface area (Å²) >= 11 is 10.9. The van der Waals surface area contributed by atoms with Crippen LogP contribution in [0.2, 0.25) is 5.02 Å². The summed E-state index contributed by atoms with van der Waals surface area (Å²) < 4.78 is 27.2. The molecule has 0 atom stereocenters. The third-order valence-corrected chi connectivity index (χ3v) is 4.80. The molecule has 0 fully saturated rings. The third kappa shape index (κ3) is 3.53. The van der Waals surface area contributed by atoms with E-state index in [9.17, 15) is 8.42 Å². The molecular formula is C14H13ClN2O2S2. The van der Waals surface area contributed by atoms with E-state index in [2.05, 4.69) is 4.72 Å². The first-order valence-electron chi connectivity index (χ1n) is 5.99. The lowest BCUT2D eigenvalue weighted by molar-refractivity contribution is 0.601. The quantitative estimate of drug-likeness (QED) is 0.839. The van der Waals surface area contributed by atoms with Crippen molar-refractivity contribution in [2.24, 2.45) is 5.73 Å². The van der Waals surface area contributed by atoms with Gasteiger partial charge in [-0.15, -0.1) is 0 Å². The van der Waals surface area contributed by atoms with Crippen LogP contribution in [0, 0.1) is 6.92 Å². The maximum Gasteiger partial charge on any atom is 0.261 e. The Morgan fingerprint density at radius 1 is 1.24 bits per heavy atom. The minimum Gasteiger partial charge on any atom is -0.389 e. The van der Waals surface area contributed by atoms with Gasteiger partial charge in [-0.05, 0) is 36.8 Å². The second-order valence-electron chi connectivity index (χ2n) is 4.43. The number of aryl methyl sites for hydroxylation is 1. The lowest BCUT2D eigenvalue weighted by atomic mass is 10.1. The maximum atomic E-state index is 12.4. The van der Waals surface area contributed by atoms with E-state index in [0.717, 1.165) is 0 Å². The second kappa shape index (κ2) is 6.01. The van der Waals surface area contributed by atoms with Crippen LogP contribution < -0.4 is 10.5 Å². The van der Waals surface area contributed by atoms with Crippen molar-refractivity contribution < 1.29 is 8.42 Å². The Bertz CT molecular complexity index is 804. The number of halogens is 1. The highest BCUT2D eigenvalue weighted by molar-refractivity contribution is 7.92. The van der Waals surface area contributed by atoms with Crippen molar-refractivity contribution in [1.82, 2.24) is 0 Å². The van der Waals surface area contributed by atoms with E-state index >= 15 is 0 Å². The van der Waals surface area contributed by atoms with E-state index in [1.807, 2.05) is 0 Å². The van der Waals surface area contributed by atoms with Crippen molar-refractivity contribution in [3.63, 3.8) is 0 Å². The first-order valence-corrected chi connectivity index (χ1v) is 8.26. The van der Waals surface area contributed by atoms with E-state index in [0.29, 0.717) is 21.8 Å². The zero-order chi connectivity index (χ0) is 15.6. The highest BCUT2D eigenvalue weighted by Gasteiger charge is 2.17. The Balaban J connectivity index is 2.39. The Hall–Kier alpha value is -1.63. The fourth-order valence-corrected chi connectivity index (χ4v) is 3.46. The van der Waals surface area contributed by atoms with Crippen molar-refractivity contribution in [3.8, 4) is 0 Å². The molecule has 0 aliphatic rings. The second-order valence-corrected chi connectivity index (χ2v) is 6.96. The monoisotopic (exact) mass is 340 g/mol. The van der Waals surface area contributed by atoms with Crippen LogP contribution in [-0.2, 0) is 10.0 Å². The number of nitrogens with two attached hydrogens (primary N) is 1. The van der Waals surface area contributed by atoms with E-state index < -0.39 is 10.0 Å². The SMILES string of the molecule is Cc1cc(S(=O)(=O)Nc2ccccc2Cl)ccc1C(N)=S. The number of hydrogen-bond acceptors (Lipinski definition) is 3. The lowest BCUT2D eigenvalue weighted by Crippen LogP contribution is -2.15. The van der Waals surface area contributed by atoms with Gasteiger partial charge in [0.05, 0.1) is 15.6 Å². The molecule has 0 heterocycles. The largest absolute Gasteiger partial charge is 0.389 e. The fraction of sp³-hybridized carbons (Fsp3) is 0.0714. The highest BCUT2D eigenvalue weighted by atomic mass is 35.5. The molecule has 0 aliphatic heterocycles. The van der Waals surface area contributed by atoms with Crippen LogP contribution >= 0.6 is 23.8 Å². The van der Waals surface area contributed by atoms with Crippen molar-refractivity contribution in [1.29, 1.82) is 0 Å². The zero-order valence-corrected chi connectivity index (χ0v) is 13.5. The average molecular weight is 341 g/mol. The van der Waals surface area contributed by atoms with Crippen LogP contribution in [0.4, 0.5) is 5.69 Å². The summed E-state index contributed by atoms with van der Waals surface area (Å²) in [6.07, 6.45) is 0. The van der Waals surface area contributed by atoms with Gasteiger partial charge >= 0.3 is 0 Å². The first-order chi connectivity index (χ1) is 9.81. The Labute approximate surface area is 134 Å². The summed E-state index contributed by atoms with van der Waals surface area (Å²) in [6, 6.07) is 11.2. The van der Waals surface area contributed by atoms with Gasteiger partial charge in [-0.3, -0.25) is 4.72 Å². The average Bonchev–Trinajstić information content (AvgIpc) is 2.40. The predicted octanol–water partition coefficient (Wildman–Crippen LogP) is 3.08. The summed E-state index contributed by atoms with van der Waals surface area (Å²) in [7, 11) is -3.72. The van der Waals surface area contributed by atoms with Crippen LogP contribution in [0.15, 0.2) is 47.4 Å². The van der Waals surface area contributed by atoms with Crippen LogP contribution in [-0.4, -0.2) is 13.4 Å². The van der Waals surface area contributed by atoms with Gasteiger partial charge in [-0.25, -0.2) is 8.42 Å². The molecule has 2 aromatic rings. The predicted molar refractivity (Wildman–Crippen MR) is 89.3 cm³/mol. The van der Waals surface area contributed by atoms with Crippen molar-refractivity contribution in [2.45, 2.75) is 11.8 Å². The Kier molecular flexibility index (Phi) is 4.51. The van der Waals surface area contributed by atoms with Crippen LogP contribution in [0.1, 0.15) is 11.1 Å². The molecule has 0 bridgehead atoms. The molecule has 110 valence electrons. The summed E-state index contributed by atoms with van der Waals surface area (Å²) in [4.78, 5) is 0.357. The van der Waals surface area contributed by atoms with Gasteiger partial charge in [-0.1, -0.05) is 42.0 Å². The number of sulfonamides is 1. The Morgan fingerprint density at radius 2 is 1.90 bits per heavy atom. The fourth-order valence-electron chi connectivity index (χ4n) is 1.83. The van der Waals surface area contributed by atoms with E-state index in [4.69, 9.17) is 29.6 Å². The van der Waals surface area contributed by atoms with Gasteiger partial charge in [0.25, 0.3) is 10.0 Å². The molecule has 0 aromatic heterocycles. The molecule has 0 saturated carbocycles. The van der Waals surface area contributed by atoms with Crippen LogP contribution in [0.25, 0.3) is 0 Å². The molecule has 2 aromatic carbocycles. The van der Waals surface area contributed by atoms with Gasteiger partial charge in [-0.2, -0.15) is 0 Å².